The first-order valence-electron chi connectivity index (χ1n) is 9.29. The molecule has 2 N–H and O–H groups in total. The summed E-state index contributed by atoms with van der Waals surface area (Å²) in [6, 6.07) is 6.45. The summed E-state index contributed by atoms with van der Waals surface area (Å²) in [4.78, 5) is 12.7. The van der Waals surface area contributed by atoms with Crippen LogP contribution >= 0.6 is 0 Å². The van der Waals surface area contributed by atoms with Crippen LogP contribution in [0.4, 0.5) is 0 Å². The van der Waals surface area contributed by atoms with E-state index in [-0.39, 0.29) is 75.2 Å². The van der Waals surface area contributed by atoms with Gasteiger partial charge in [-0.3, -0.25) is 4.79 Å². The largest absolute Gasteiger partial charge is 0.670 e. The van der Waals surface area contributed by atoms with Gasteiger partial charge in [0.25, 0.3) is 0 Å². The number of methoxy groups -OCH3 is 2. The van der Waals surface area contributed by atoms with E-state index in [1.54, 1.807) is 12.1 Å². The zero-order chi connectivity index (χ0) is 20.3. The molecule has 30 heavy (non-hydrogen) atoms. The Morgan fingerprint density at radius 2 is 1.60 bits per heavy atom. The molecule has 2 aromatic rings. The Balaban J connectivity index is 0.00000218. The average Bonchev–Trinajstić information content (AvgIpc) is 3.34. The summed E-state index contributed by atoms with van der Waals surface area (Å²) in [7, 11) is 2.91. The van der Waals surface area contributed by atoms with Crippen molar-refractivity contribution in [3.05, 3.63) is 46.7 Å². The molecule has 155 valence electrons. The number of esters is 1. The smallest absolute Gasteiger partial charge is 0.310 e. The maximum atomic E-state index is 12.7. The molecule has 0 spiro atoms. The van der Waals surface area contributed by atoms with E-state index in [2.05, 4.69) is 0 Å². The number of fused-ring (bicyclic) bond motifs is 3. The number of phenolic OH excluding ortho intramolecular Hbond substituents is 1. The zero-order valence-corrected chi connectivity index (χ0v) is 19.3. The Hall–Kier alpha value is -2.03. The molecule has 0 bridgehead atoms. The number of cyclic esters (lactones) is 1. The summed E-state index contributed by atoms with van der Waals surface area (Å²) in [5.74, 6) is 0.0406. The number of hydrogen-bond donors (Lipinski definition) is 1. The zero-order valence-electron chi connectivity index (χ0n) is 16.5. The molecule has 2 aromatic carbocycles. The molecule has 1 saturated heterocycles. The van der Waals surface area contributed by atoms with E-state index in [9.17, 15) is 9.90 Å². The first kappa shape index (κ1) is 21.2. The standard InChI is InChI=1S/C21H20NO7.Y/c1-25-15-3-9(4-16(26-2)20(15)23)17-10-5-13-14(29-8-28-13)6-11(10)19(22)12-7-27-21(24)18(12)17;/h3-6,12,17-19,22-23H,7-8H2,1-2H3;/q-1;/t12-,17+,18-,19+;/m0./s1. The van der Waals surface area contributed by atoms with Crippen LogP contribution in [0.1, 0.15) is 28.7 Å². The number of hydrogen-bond acceptors (Lipinski definition) is 7. The minimum Gasteiger partial charge on any atom is -0.670 e. The molecule has 1 aliphatic carbocycles. The van der Waals surface area contributed by atoms with Crippen LogP contribution in [0.2, 0.25) is 0 Å². The number of carbonyl (C=O) groups is 1. The van der Waals surface area contributed by atoms with E-state index in [1.807, 2.05) is 12.1 Å². The number of nitrogens with one attached hydrogen (secondary N) is 1. The van der Waals surface area contributed by atoms with Crippen molar-refractivity contribution in [1.82, 2.24) is 0 Å². The molecule has 2 aliphatic heterocycles. The van der Waals surface area contributed by atoms with E-state index in [4.69, 9.17) is 29.4 Å². The third kappa shape index (κ3) is 3.04. The van der Waals surface area contributed by atoms with Crippen molar-refractivity contribution in [2.75, 3.05) is 27.6 Å². The molecular weight excluding hydrogens is 467 g/mol. The molecule has 5 rings (SSSR count). The first-order valence-corrected chi connectivity index (χ1v) is 9.29. The van der Waals surface area contributed by atoms with Gasteiger partial charge in [0.1, 0.15) is 0 Å². The van der Waals surface area contributed by atoms with Crippen molar-refractivity contribution in [3.8, 4) is 28.7 Å². The van der Waals surface area contributed by atoms with E-state index in [0.717, 1.165) is 16.7 Å². The van der Waals surface area contributed by atoms with Gasteiger partial charge < -0.3 is 34.5 Å². The number of ether oxygens (including phenoxy) is 5. The molecule has 2 heterocycles. The summed E-state index contributed by atoms with van der Waals surface area (Å²) in [6.07, 6.45) is 0. The summed E-state index contributed by atoms with van der Waals surface area (Å²) < 4.78 is 27.0. The van der Waals surface area contributed by atoms with Crippen molar-refractivity contribution in [2.24, 2.45) is 11.8 Å². The van der Waals surface area contributed by atoms with Crippen LogP contribution in [-0.2, 0) is 42.2 Å². The molecule has 3 aliphatic rings. The number of carbonyl (C=O) groups excluding carboxylic acids is 1. The van der Waals surface area contributed by atoms with Gasteiger partial charge in [-0.15, -0.1) is 6.04 Å². The maximum absolute atomic E-state index is 12.7. The maximum Gasteiger partial charge on any atom is 0.310 e. The number of benzene rings is 2. The monoisotopic (exact) mass is 487 g/mol. The van der Waals surface area contributed by atoms with Gasteiger partial charge in [-0.2, -0.15) is 0 Å². The second-order valence-electron chi connectivity index (χ2n) is 7.38. The SMILES string of the molecule is COc1cc([C@@H]2c3cc4c(cc3[C@@H]([NH-])[C@H]3COC(=O)[C@H]23)OCO4)cc(OC)c1O.[Y]. The topological polar surface area (TPSA) is 107 Å². The summed E-state index contributed by atoms with van der Waals surface area (Å²) in [5, 5.41) is 10.3. The van der Waals surface area contributed by atoms with Gasteiger partial charge in [-0.05, 0) is 41.3 Å². The number of rotatable bonds is 3. The molecule has 8 nitrogen and oxygen atoms in total. The van der Waals surface area contributed by atoms with Crippen LogP contribution in [0.25, 0.3) is 5.73 Å². The Kier molecular flexibility index (Phi) is 5.59. The predicted molar refractivity (Wildman–Crippen MR) is 101 cm³/mol. The first-order chi connectivity index (χ1) is 14.0. The summed E-state index contributed by atoms with van der Waals surface area (Å²) in [6.45, 7) is 0.329. The number of aromatic hydroxyl groups is 1. The molecule has 0 saturated carbocycles. The van der Waals surface area contributed by atoms with Gasteiger partial charge in [0.2, 0.25) is 12.5 Å². The minimum absolute atomic E-state index is 0. The second-order valence-corrected chi connectivity index (χ2v) is 7.38. The van der Waals surface area contributed by atoms with Crippen molar-refractivity contribution in [3.63, 3.8) is 0 Å². The van der Waals surface area contributed by atoms with Crippen LogP contribution in [0.3, 0.4) is 0 Å². The number of phenols is 1. The van der Waals surface area contributed by atoms with Crippen LogP contribution in [0.15, 0.2) is 24.3 Å². The van der Waals surface area contributed by atoms with Gasteiger partial charge in [0.15, 0.2) is 23.0 Å². The molecular formula is C21H20NO7Y-. The van der Waals surface area contributed by atoms with Gasteiger partial charge in [-0.25, -0.2) is 0 Å². The van der Waals surface area contributed by atoms with Gasteiger partial charge in [-0.1, -0.05) is 5.56 Å². The Bertz CT molecular complexity index is 986. The van der Waals surface area contributed by atoms with Crippen LogP contribution in [-0.4, -0.2) is 38.7 Å². The Morgan fingerprint density at radius 1 is 1.00 bits per heavy atom. The van der Waals surface area contributed by atoms with Gasteiger partial charge in [0.05, 0.1) is 26.7 Å². The van der Waals surface area contributed by atoms with Crippen LogP contribution < -0.4 is 18.9 Å². The van der Waals surface area contributed by atoms with Gasteiger partial charge in [0, 0.05) is 38.6 Å². The Labute approximate surface area is 198 Å². The van der Waals surface area contributed by atoms with Gasteiger partial charge >= 0.3 is 5.97 Å². The minimum atomic E-state index is -0.617. The molecule has 0 unspecified atom stereocenters. The molecule has 0 aromatic heterocycles. The van der Waals surface area contributed by atoms with Crippen molar-refractivity contribution >= 4 is 5.97 Å². The van der Waals surface area contributed by atoms with Crippen molar-refractivity contribution < 1.29 is 66.3 Å². The third-order valence-electron chi connectivity index (χ3n) is 6.05. The molecule has 9 heteroatoms. The van der Waals surface area contributed by atoms with E-state index >= 15 is 0 Å². The van der Waals surface area contributed by atoms with Crippen LogP contribution in [0, 0.1) is 11.8 Å². The second kappa shape index (κ2) is 7.91. The summed E-state index contributed by atoms with van der Waals surface area (Å²) >= 11 is 0. The molecule has 1 fully saturated rings. The molecule has 0 amide bonds. The fourth-order valence-corrected chi connectivity index (χ4v) is 4.66. The Morgan fingerprint density at radius 3 is 2.20 bits per heavy atom. The molecule has 4 atom stereocenters. The predicted octanol–water partition coefficient (Wildman–Crippen LogP) is 3.16. The quantitative estimate of drug-likeness (QED) is 0.663. The van der Waals surface area contributed by atoms with Crippen molar-refractivity contribution in [2.45, 2.75) is 12.0 Å². The average molecular weight is 487 g/mol. The van der Waals surface area contributed by atoms with Crippen LogP contribution in [0.5, 0.6) is 28.7 Å². The van der Waals surface area contributed by atoms with E-state index in [0.29, 0.717) is 11.5 Å². The normalized spacial score (nSPS) is 25.6. The van der Waals surface area contributed by atoms with Crippen molar-refractivity contribution in [1.29, 1.82) is 0 Å². The third-order valence-corrected chi connectivity index (χ3v) is 6.05. The fourth-order valence-electron chi connectivity index (χ4n) is 4.66. The summed E-state index contributed by atoms with van der Waals surface area (Å²) in [5.41, 5.74) is 11.1. The van der Waals surface area contributed by atoms with E-state index in [1.165, 1.54) is 14.2 Å². The fraction of sp³-hybridized carbons (Fsp3) is 0.381. The van der Waals surface area contributed by atoms with E-state index < -0.39 is 17.9 Å². The molecule has 1 radical (unpaired) electrons.